The summed E-state index contributed by atoms with van der Waals surface area (Å²) in [4.78, 5) is 26.7. The molecule has 2 aliphatic rings. The van der Waals surface area contributed by atoms with Crippen molar-refractivity contribution < 1.29 is 9.59 Å². The van der Waals surface area contributed by atoms with E-state index in [9.17, 15) is 9.59 Å². The van der Waals surface area contributed by atoms with Gasteiger partial charge in [-0.2, -0.15) is 0 Å². The number of rotatable bonds is 7. The molecule has 0 aromatic carbocycles. The van der Waals surface area contributed by atoms with Gasteiger partial charge in [0.15, 0.2) is 0 Å². The van der Waals surface area contributed by atoms with Gasteiger partial charge in [0.05, 0.1) is 6.54 Å². The number of nitrogens with one attached hydrogen (secondary N) is 1. The lowest BCUT2D eigenvalue weighted by atomic mass is 10.1. The van der Waals surface area contributed by atoms with E-state index < -0.39 is 0 Å². The maximum atomic E-state index is 11.5. The summed E-state index contributed by atoms with van der Waals surface area (Å²) < 4.78 is 0. The third-order valence-electron chi connectivity index (χ3n) is 3.60. The zero-order valence-electron chi connectivity index (χ0n) is 11.3. The molecular formula is C13H23N3O2. The zero-order chi connectivity index (χ0) is 13.1. The molecule has 1 N–H and O–H groups in total. The van der Waals surface area contributed by atoms with Gasteiger partial charge in [0.2, 0.25) is 5.91 Å². The maximum absolute atomic E-state index is 11.5. The molecule has 0 radical (unpaired) electrons. The van der Waals surface area contributed by atoms with E-state index >= 15 is 0 Å². The highest BCUT2D eigenvalue weighted by atomic mass is 16.2. The van der Waals surface area contributed by atoms with Gasteiger partial charge in [0, 0.05) is 19.1 Å². The highest BCUT2D eigenvalue weighted by molar-refractivity contribution is 6.01. The second-order valence-electron chi connectivity index (χ2n) is 5.65. The molecule has 1 saturated carbocycles. The van der Waals surface area contributed by atoms with Gasteiger partial charge in [-0.15, -0.1) is 0 Å². The van der Waals surface area contributed by atoms with Crippen molar-refractivity contribution >= 4 is 11.9 Å². The van der Waals surface area contributed by atoms with Gasteiger partial charge in [-0.1, -0.05) is 13.8 Å². The molecule has 1 heterocycles. The van der Waals surface area contributed by atoms with Crippen molar-refractivity contribution in [2.75, 3.05) is 26.2 Å². The zero-order valence-corrected chi connectivity index (χ0v) is 11.3. The number of hydrogen-bond acceptors (Lipinski definition) is 3. The van der Waals surface area contributed by atoms with Crippen molar-refractivity contribution in [2.24, 2.45) is 5.92 Å². The summed E-state index contributed by atoms with van der Waals surface area (Å²) in [5.41, 5.74) is 0. The topological polar surface area (TPSA) is 52.6 Å². The minimum Gasteiger partial charge on any atom is -0.329 e. The molecule has 1 saturated heterocycles. The van der Waals surface area contributed by atoms with E-state index in [2.05, 4.69) is 24.1 Å². The number of carbonyl (C=O) groups is 2. The number of urea groups is 1. The predicted octanol–water partition coefficient (Wildman–Crippen LogP) is 1.05. The Kier molecular flexibility index (Phi) is 4.22. The van der Waals surface area contributed by atoms with Gasteiger partial charge in [-0.25, -0.2) is 4.79 Å². The molecule has 0 spiro atoms. The van der Waals surface area contributed by atoms with Crippen molar-refractivity contribution in [3.05, 3.63) is 0 Å². The van der Waals surface area contributed by atoms with E-state index in [1.54, 1.807) is 0 Å². The Morgan fingerprint density at radius 2 is 2.06 bits per heavy atom. The molecule has 0 unspecified atom stereocenters. The second-order valence-corrected chi connectivity index (χ2v) is 5.65. The van der Waals surface area contributed by atoms with Crippen LogP contribution in [0.15, 0.2) is 0 Å². The third kappa shape index (κ3) is 3.45. The second kappa shape index (κ2) is 5.69. The summed E-state index contributed by atoms with van der Waals surface area (Å²) in [6.07, 6.45) is 3.70. The first-order chi connectivity index (χ1) is 8.58. The van der Waals surface area contributed by atoms with E-state index in [-0.39, 0.29) is 18.5 Å². The number of nitrogens with zero attached hydrogens (tertiary/aromatic N) is 2. The molecular weight excluding hydrogens is 230 g/mol. The minimum atomic E-state index is -0.236. The molecule has 1 aliphatic carbocycles. The van der Waals surface area contributed by atoms with Crippen LogP contribution in [0.4, 0.5) is 4.79 Å². The van der Waals surface area contributed by atoms with Gasteiger partial charge >= 0.3 is 6.03 Å². The Labute approximate surface area is 108 Å². The molecule has 18 heavy (non-hydrogen) atoms. The average Bonchev–Trinajstić information content (AvgIpc) is 3.09. The number of hydrogen-bond donors (Lipinski definition) is 1. The van der Waals surface area contributed by atoms with Gasteiger partial charge in [-0.3, -0.25) is 14.6 Å². The van der Waals surface area contributed by atoms with Gasteiger partial charge < -0.3 is 5.32 Å². The van der Waals surface area contributed by atoms with Crippen LogP contribution >= 0.6 is 0 Å². The third-order valence-corrected chi connectivity index (χ3v) is 3.60. The van der Waals surface area contributed by atoms with Crippen LogP contribution in [0.25, 0.3) is 0 Å². The summed E-state index contributed by atoms with van der Waals surface area (Å²) in [6.45, 7) is 7.03. The molecule has 0 aromatic rings. The Morgan fingerprint density at radius 1 is 1.33 bits per heavy atom. The fraction of sp³-hybridized carbons (Fsp3) is 0.846. The van der Waals surface area contributed by atoms with Crippen molar-refractivity contribution in [1.29, 1.82) is 0 Å². The lowest BCUT2D eigenvalue weighted by molar-refractivity contribution is -0.125. The van der Waals surface area contributed by atoms with E-state index in [1.165, 1.54) is 24.2 Å². The van der Waals surface area contributed by atoms with Gasteiger partial charge in [0.25, 0.3) is 0 Å². The van der Waals surface area contributed by atoms with Crippen LogP contribution in [0, 0.1) is 5.92 Å². The Hall–Kier alpha value is -1.10. The summed E-state index contributed by atoms with van der Waals surface area (Å²) >= 11 is 0. The standard InChI is InChI=1S/C13H23N3O2/c1-10(2)5-6-15(11-3-4-11)7-8-16-12(17)9-14-13(16)18/h10-11H,3-9H2,1-2H3,(H,14,18). The van der Waals surface area contributed by atoms with Crippen molar-refractivity contribution in [3.8, 4) is 0 Å². The Bertz CT molecular complexity index is 310. The highest BCUT2D eigenvalue weighted by Gasteiger charge is 2.32. The van der Waals surface area contributed by atoms with Crippen LogP contribution in [0.3, 0.4) is 0 Å². The van der Waals surface area contributed by atoms with Crippen molar-refractivity contribution in [3.63, 3.8) is 0 Å². The van der Waals surface area contributed by atoms with Gasteiger partial charge in [-0.05, 0) is 31.7 Å². The summed E-state index contributed by atoms with van der Waals surface area (Å²) in [6, 6.07) is 0.448. The molecule has 3 amide bonds. The quantitative estimate of drug-likeness (QED) is 0.690. The van der Waals surface area contributed by atoms with E-state index in [1.807, 2.05) is 0 Å². The molecule has 1 aliphatic heterocycles. The lowest BCUT2D eigenvalue weighted by Gasteiger charge is -2.24. The molecule has 2 rings (SSSR count). The minimum absolute atomic E-state index is 0.0976. The van der Waals surface area contributed by atoms with Crippen LogP contribution in [0.2, 0.25) is 0 Å². The molecule has 0 aromatic heterocycles. The van der Waals surface area contributed by atoms with Crippen LogP contribution in [0.5, 0.6) is 0 Å². The Balaban J connectivity index is 1.78. The molecule has 5 heteroatoms. The van der Waals surface area contributed by atoms with Crippen molar-refractivity contribution in [1.82, 2.24) is 15.1 Å². The molecule has 0 bridgehead atoms. The molecule has 0 atom stereocenters. The lowest BCUT2D eigenvalue weighted by Crippen LogP contribution is -2.40. The molecule has 5 nitrogen and oxygen atoms in total. The maximum Gasteiger partial charge on any atom is 0.324 e. The Morgan fingerprint density at radius 3 is 2.56 bits per heavy atom. The van der Waals surface area contributed by atoms with Crippen LogP contribution in [0.1, 0.15) is 33.1 Å². The average molecular weight is 253 g/mol. The first-order valence-electron chi connectivity index (χ1n) is 6.90. The smallest absolute Gasteiger partial charge is 0.324 e. The summed E-state index contributed by atoms with van der Waals surface area (Å²) in [7, 11) is 0. The fourth-order valence-electron chi connectivity index (χ4n) is 2.25. The van der Waals surface area contributed by atoms with E-state index in [4.69, 9.17) is 0 Å². The first-order valence-corrected chi connectivity index (χ1v) is 6.90. The SMILES string of the molecule is CC(C)CCN(CCN1C(=O)CNC1=O)C1CC1. The molecule has 102 valence electrons. The van der Waals surface area contributed by atoms with Crippen molar-refractivity contribution in [2.45, 2.75) is 39.2 Å². The van der Waals surface area contributed by atoms with Crippen LogP contribution < -0.4 is 5.32 Å². The molecule has 2 fully saturated rings. The normalized spacial score (nSPS) is 20.1. The van der Waals surface area contributed by atoms with Crippen LogP contribution in [-0.2, 0) is 4.79 Å². The largest absolute Gasteiger partial charge is 0.329 e. The van der Waals surface area contributed by atoms with Gasteiger partial charge in [0.1, 0.15) is 0 Å². The monoisotopic (exact) mass is 253 g/mol. The van der Waals surface area contributed by atoms with E-state index in [0.29, 0.717) is 18.5 Å². The summed E-state index contributed by atoms with van der Waals surface area (Å²) in [5, 5.41) is 2.56. The highest BCUT2D eigenvalue weighted by Crippen LogP contribution is 2.27. The summed E-state index contributed by atoms with van der Waals surface area (Å²) in [5.74, 6) is 0.600. The fourth-order valence-corrected chi connectivity index (χ4v) is 2.25. The number of imide groups is 1. The number of amides is 3. The number of carbonyl (C=O) groups excluding carboxylic acids is 2. The predicted molar refractivity (Wildman–Crippen MR) is 69.2 cm³/mol. The van der Waals surface area contributed by atoms with E-state index in [0.717, 1.165) is 13.1 Å². The van der Waals surface area contributed by atoms with Crippen LogP contribution in [-0.4, -0.2) is 54.0 Å². The first kappa shape index (κ1) is 13.3.